The predicted molar refractivity (Wildman–Crippen MR) is 183 cm³/mol. The van der Waals surface area contributed by atoms with Crippen molar-refractivity contribution in [2.24, 2.45) is 0 Å². The van der Waals surface area contributed by atoms with Gasteiger partial charge in [-0.2, -0.15) is 23.1 Å². The fourth-order valence-electron chi connectivity index (χ4n) is 7.95. The second kappa shape index (κ2) is 12.6. The van der Waals surface area contributed by atoms with E-state index in [9.17, 15) is 13.6 Å². The summed E-state index contributed by atoms with van der Waals surface area (Å²) in [5, 5.41) is -0.631. The molecule has 5 heterocycles. The largest absolute Gasteiger partial charge is 0.461 e. The van der Waals surface area contributed by atoms with Crippen LogP contribution in [0.4, 0.5) is 42.8 Å². The fraction of sp³-hybridized carbons (Fsp3) is 0.429. The number of piperazine rings is 1. The Kier molecular flexibility index (Phi) is 8.57. The van der Waals surface area contributed by atoms with E-state index in [2.05, 4.69) is 21.4 Å². The summed E-state index contributed by atoms with van der Waals surface area (Å²) < 4.78 is 97.7. The Morgan fingerprint density at radius 2 is 1.98 bits per heavy atom. The maximum Gasteiger partial charge on any atom is 0.417 e. The number of benzene rings is 2. The second-order valence-corrected chi connectivity index (χ2v) is 14.5. The van der Waals surface area contributed by atoms with Crippen molar-refractivity contribution < 1.29 is 35.9 Å². The fourth-order valence-corrected chi connectivity index (χ4v) is 8.89. The molecule has 3 aliphatic heterocycles. The first-order valence-electron chi connectivity index (χ1n) is 16.4. The van der Waals surface area contributed by atoms with Gasteiger partial charge in [0.25, 0.3) is 0 Å². The van der Waals surface area contributed by atoms with Gasteiger partial charge in [0.2, 0.25) is 11.6 Å². The third kappa shape index (κ3) is 5.70. The summed E-state index contributed by atoms with van der Waals surface area (Å²) in [6, 6.07) is 1.42. The summed E-state index contributed by atoms with van der Waals surface area (Å²) in [6.45, 7) is 15.9. The van der Waals surface area contributed by atoms with E-state index >= 15 is 17.6 Å². The number of anilines is 2. The number of aromatic nitrogens is 2. The molecule has 2 aromatic heterocycles. The van der Waals surface area contributed by atoms with Crippen molar-refractivity contribution in [3.8, 4) is 17.1 Å². The quantitative estimate of drug-likeness (QED) is 0.125. The number of ether oxygens (including phenoxy) is 1. The minimum absolute atomic E-state index is 0.0256. The summed E-state index contributed by atoms with van der Waals surface area (Å²) in [6.07, 6.45) is -3.29. The van der Waals surface area contributed by atoms with E-state index in [0.29, 0.717) is 24.3 Å². The predicted octanol–water partition coefficient (Wildman–Crippen LogP) is 7.51. The van der Waals surface area contributed by atoms with Gasteiger partial charge in [0.05, 0.1) is 27.4 Å². The number of fused-ring (bicyclic) bond motifs is 3. The molecule has 0 bridgehead atoms. The Balaban J connectivity index is 1.46. The molecule has 51 heavy (non-hydrogen) atoms. The van der Waals surface area contributed by atoms with E-state index in [4.69, 9.17) is 17.0 Å². The molecule has 3 aliphatic rings. The van der Waals surface area contributed by atoms with Gasteiger partial charge in [-0.1, -0.05) is 12.6 Å². The first-order chi connectivity index (χ1) is 24.2. The van der Waals surface area contributed by atoms with Crippen LogP contribution in [0.1, 0.15) is 38.7 Å². The number of hydrogen-bond acceptors (Lipinski definition) is 8. The standard InChI is InChI=1S/C35H33F6N7O2S/c1-5-24(49)47-13-18(3)48(14-17(47)2)32-21-11-22(35(39,40)41)25(20-7-8-23(37)30-26(20)29(43-4)31(42)51-30)27(38)28(21)44-33(45-32)50-16-34-9-6-10-46(34)15-19(36)12-34/h5,7-8,11,17-19H,1,6,9-10,12-16,42H2,2-3H3. The highest BCUT2D eigenvalue weighted by molar-refractivity contribution is 7.23. The zero-order valence-corrected chi connectivity index (χ0v) is 28.5. The van der Waals surface area contributed by atoms with Gasteiger partial charge >= 0.3 is 12.2 Å². The van der Waals surface area contributed by atoms with Gasteiger partial charge in [-0.3, -0.25) is 9.69 Å². The lowest BCUT2D eigenvalue weighted by atomic mass is 9.93. The number of thiophene rings is 1. The molecule has 7 rings (SSSR count). The number of carbonyl (C=O) groups is 1. The number of rotatable bonds is 6. The zero-order chi connectivity index (χ0) is 36.6. The number of nitrogens with zero attached hydrogens (tertiary/aromatic N) is 6. The third-order valence-electron chi connectivity index (χ3n) is 10.3. The number of hydrogen-bond donors (Lipinski definition) is 1. The van der Waals surface area contributed by atoms with Gasteiger partial charge in [-0.15, -0.1) is 11.3 Å². The maximum absolute atomic E-state index is 17.2. The Hall–Kier alpha value is -4.62. The first kappa shape index (κ1) is 34.8. The number of alkyl halides is 4. The molecule has 16 heteroatoms. The molecular formula is C35H33F6N7O2S. The Bertz CT molecular complexity index is 2130. The highest BCUT2D eigenvalue weighted by Gasteiger charge is 2.49. The van der Waals surface area contributed by atoms with Crippen molar-refractivity contribution in [1.29, 1.82) is 0 Å². The number of amides is 1. The lowest BCUT2D eigenvalue weighted by Crippen LogP contribution is -2.58. The smallest absolute Gasteiger partial charge is 0.417 e. The molecule has 2 N–H and O–H groups in total. The van der Waals surface area contributed by atoms with E-state index in [1.54, 1.807) is 23.6 Å². The van der Waals surface area contributed by atoms with Crippen molar-refractivity contribution in [2.75, 3.05) is 43.4 Å². The molecule has 268 valence electrons. The first-order valence-corrected chi connectivity index (χ1v) is 17.2. The van der Waals surface area contributed by atoms with Crippen molar-refractivity contribution in [3.05, 3.63) is 59.5 Å². The van der Waals surface area contributed by atoms with E-state index in [-0.39, 0.29) is 82.1 Å². The lowest BCUT2D eigenvalue weighted by molar-refractivity contribution is -0.137. The van der Waals surface area contributed by atoms with Crippen LogP contribution in [0, 0.1) is 18.2 Å². The number of halogens is 6. The number of nitrogen functional groups attached to an aromatic ring is 1. The summed E-state index contributed by atoms with van der Waals surface area (Å²) in [5.41, 5.74) is 1.86. The van der Waals surface area contributed by atoms with Crippen LogP contribution >= 0.6 is 11.3 Å². The van der Waals surface area contributed by atoms with Crippen molar-refractivity contribution in [1.82, 2.24) is 19.8 Å². The normalized spacial score (nSPS) is 23.9. The van der Waals surface area contributed by atoms with Crippen LogP contribution in [0.3, 0.4) is 0 Å². The molecule has 3 saturated heterocycles. The van der Waals surface area contributed by atoms with Gasteiger partial charge in [0, 0.05) is 54.5 Å². The maximum atomic E-state index is 17.2. The van der Waals surface area contributed by atoms with Crippen LogP contribution in [-0.4, -0.2) is 82.3 Å². The van der Waals surface area contributed by atoms with Gasteiger partial charge in [0.15, 0.2) is 5.82 Å². The van der Waals surface area contributed by atoms with Crippen LogP contribution in [-0.2, 0) is 11.0 Å². The zero-order valence-electron chi connectivity index (χ0n) is 27.7. The van der Waals surface area contributed by atoms with Crippen LogP contribution < -0.4 is 15.4 Å². The number of carbonyl (C=O) groups excluding carboxylic acids is 1. The molecule has 0 saturated carbocycles. The van der Waals surface area contributed by atoms with Crippen molar-refractivity contribution in [2.45, 2.75) is 63.1 Å². The molecule has 4 unspecified atom stereocenters. The van der Waals surface area contributed by atoms with Gasteiger partial charge in [-0.25, -0.2) is 18.0 Å². The van der Waals surface area contributed by atoms with Crippen LogP contribution in [0.25, 0.3) is 37.0 Å². The molecular weight excluding hydrogens is 696 g/mol. The summed E-state index contributed by atoms with van der Waals surface area (Å²) in [5.74, 6) is -2.57. The van der Waals surface area contributed by atoms with E-state index < -0.39 is 58.2 Å². The SMILES string of the molecule is [C-]#[N+]c1c(N)sc2c(F)ccc(-c3c(C(F)(F)F)cc4c(N5CC(C)N(C(=O)C=C)CC5C)nc(OCC56CCCN5CC(F)C6)nc4c3F)c12. The van der Waals surface area contributed by atoms with Crippen LogP contribution in [0.15, 0.2) is 30.9 Å². The Labute approximate surface area is 293 Å². The average Bonchev–Trinajstić information content (AvgIpc) is 3.73. The van der Waals surface area contributed by atoms with E-state index in [0.717, 1.165) is 24.6 Å². The summed E-state index contributed by atoms with van der Waals surface area (Å²) in [4.78, 5) is 30.1. The minimum Gasteiger partial charge on any atom is -0.461 e. The molecule has 9 nitrogen and oxygen atoms in total. The Morgan fingerprint density at radius 1 is 1.22 bits per heavy atom. The molecule has 4 atom stereocenters. The molecule has 1 amide bonds. The lowest BCUT2D eigenvalue weighted by Gasteiger charge is -2.44. The summed E-state index contributed by atoms with van der Waals surface area (Å²) in [7, 11) is 0. The van der Waals surface area contributed by atoms with Gasteiger partial charge in [-0.05, 0) is 57.0 Å². The van der Waals surface area contributed by atoms with E-state index in [1.165, 1.54) is 6.08 Å². The molecule has 0 spiro atoms. The molecule has 3 fully saturated rings. The highest BCUT2D eigenvalue weighted by Crippen LogP contribution is 2.51. The van der Waals surface area contributed by atoms with Crippen molar-refractivity contribution in [3.63, 3.8) is 0 Å². The summed E-state index contributed by atoms with van der Waals surface area (Å²) >= 11 is 0.683. The average molecular weight is 730 g/mol. The molecule has 0 radical (unpaired) electrons. The monoisotopic (exact) mass is 729 g/mol. The number of nitrogens with two attached hydrogens (primary N) is 1. The van der Waals surface area contributed by atoms with E-state index in [1.807, 2.05) is 4.90 Å². The minimum atomic E-state index is -5.12. The van der Waals surface area contributed by atoms with Gasteiger partial charge < -0.3 is 20.3 Å². The molecule has 0 aliphatic carbocycles. The third-order valence-corrected chi connectivity index (χ3v) is 11.3. The van der Waals surface area contributed by atoms with Crippen molar-refractivity contribution >= 4 is 54.7 Å². The van der Waals surface area contributed by atoms with Crippen LogP contribution in [0.5, 0.6) is 6.01 Å². The highest BCUT2D eigenvalue weighted by atomic mass is 32.1. The second-order valence-electron chi connectivity index (χ2n) is 13.5. The molecule has 4 aromatic rings. The topological polar surface area (TPSA) is 92.2 Å². The Morgan fingerprint density at radius 3 is 2.69 bits per heavy atom. The van der Waals surface area contributed by atoms with Gasteiger partial charge in [0.1, 0.15) is 29.9 Å². The molecule has 2 aromatic carbocycles. The van der Waals surface area contributed by atoms with Crippen LogP contribution in [0.2, 0.25) is 0 Å².